The molecule has 2 aromatic rings. The fourth-order valence-electron chi connectivity index (χ4n) is 2.54. The van der Waals surface area contributed by atoms with E-state index < -0.39 is 41.3 Å². The molecule has 0 saturated carbocycles. The molecule has 0 aliphatic carbocycles. The minimum Gasteiger partial charge on any atom is -0.394 e. The molecule has 0 aromatic carbocycles. The number of aliphatic hydroxyl groups is 2. The van der Waals surface area contributed by atoms with E-state index in [1.165, 1.54) is 10.9 Å². The Morgan fingerprint density at radius 1 is 1.58 bits per heavy atom. The molecule has 13 heteroatoms. The number of imidazole rings is 1. The van der Waals surface area contributed by atoms with Crippen LogP contribution in [0.4, 0.5) is 5.95 Å². The molecule has 4 atom stereocenters. The zero-order chi connectivity index (χ0) is 17.6. The van der Waals surface area contributed by atoms with Crippen LogP contribution >= 0.6 is 12.2 Å². The summed E-state index contributed by atoms with van der Waals surface area (Å²) >= 11 is 5.07. The molecule has 3 heterocycles. The fourth-order valence-corrected chi connectivity index (χ4v) is 3.40. The van der Waals surface area contributed by atoms with E-state index in [-0.39, 0.29) is 10.6 Å². The SMILES string of the molecule is CS(=O)(=O)O[C@@H]1[C@H](O)[C@H](CO)O[C@@H]1n1cnc2c(=S)nc(N)[nH]c21. The first-order chi connectivity index (χ1) is 11.2. The number of aliphatic hydroxyl groups excluding tert-OH is 2. The van der Waals surface area contributed by atoms with Crippen molar-refractivity contribution >= 4 is 39.4 Å². The van der Waals surface area contributed by atoms with Crippen molar-refractivity contribution in [1.29, 1.82) is 0 Å². The van der Waals surface area contributed by atoms with Crippen molar-refractivity contribution in [2.24, 2.45) is 0 Å². The van der Waals surface area contributed by atoms with Crippen LogP contribution in [-0.2, 0) is 19.0 Å². The van der Waals surface area contributed by atoms with Crippen LogP contribution in [0.1, 0.15) is 6.23 Å². The van der Waals surface area contributed by atoms with Gasteiger partial charge in [0.1, 0.15) is 23.4 Å². The van der Waals surface area contributed by atoms with Gasteiger partial charge in [0.15, 0.2) is 22.9 Å². The van der Waals surface area contributed by atoms with Gasteiger partial charge in [0.2, 0.25) is 0 Å². The number of nitrogens with two attached hydrogens (primary N) is 1. The number of nitrogens with zero attached hydrogens (tertiary/aromatic N) is 3. The number of hydrogen-bond donors (Lipinski definition) is 4. The van der Waals surface area contributed by atoms with E-state index in [0.29, 0.717) is 11.2 Å². The minimum absolute atomic E-state index is 0.0343. The molecule has 1 fully saturated rings. The minimum atomic E-state index is -3.89. The largest absolute Gasteiger partial charge is 0.394 e. The first kappa shape index (κ1) is 17.2. The number of aromatic nitrogens is 4. The molecule has 0 unspecified atom stereocenters. The highest BCUT2D eigenvalue weighted by molar-refractivity contribution is 7.86. The third kappa shape index (κ3) is 3.01. The Balaban J connectivity index is 2.10. The molecule has 11 nitrogen and oxygen atoms in total. The van der Waals surface area contributed by atoms with E-state index in [1.807, 2.05) is 0 Å². The average Bonchev–Trinajstić information content (AvgIpc) is 3.00. The summed E-state index contributed by atoms with van der Waals surface area (Å²) in [6.07, 6.45) is -2.58. The summed E-state index contributed by atoms with van der Waals surface area (Å²) in [4.78, 5) is 10.7. The topological polar surface area (TPSA) is 166 Å². The number of aromatic amines is 1. The number of H-pyrrole nitrogens is 1. The molecule has 1 saturated heterocycles. The monoisotopic (exact) mass is 377 g/mol. The lowest BCUT2D eigenvalue weighted by atomic mass is 10.1. The first-order valence-electron chi connectivity index (χ1n) is 6.76. The third-order valence-corrected chi connectivity index (χ3v) is 4.37. The maximum Gasteiger partial charge on any atom is 0.264 e. The van der Waals surface area contributed by atoms with Gasteiger partial charge in [-0.1, -0.05) is 12.2 Å². The molecule has 1 aliphatic rings. The van der Waals surface area contributed by atoms with Crippen LogP contribution in [0.25, 0.3) is 11.2 Å². The summed E-state index contributed by atoms with van der Waals surface area (Å²) in [5.41, 5.74) is 6.28. The quantitative estimate of drug-likeness (QED) is 0.370. The molecule has 2 aromatic heterocycles. The second kappa shape index (κ2) is 6.02. The fraction of sp³-hybridized carbons (Fsp3) is 0.545. The summed E-state index contributed by atoms with van der Waals surface area (Å²) in [7, 11) is -3.89. The van der Waals surface area contributed by atoms with Crippen LogP contribution in [0.2, 0.25) is 0 Å². The maximum atomic E-state index is 11.5. The lowest BCUT2D eigenvalue weighted by Crippen LogP contribution is -2.36. The van der Waals surface area contributed by atoms with Gasteiger partial charge < -0.3 is 25.7 Å². The molecule has 1 aliphatic heterocycles. The number of fused-ring (bicyclic) bond motifs is 1. The maximum absolute atomic E-state index is 11.5. The van der Waals surface area contributed by atoms with Gasteiger partial charge in [-0.15, -0.1) is 0 Å². The highest BCUT2D eigenvalue weighted by atomic mass is 32.2. The van der Waals surface area contributed by atoms with Gasteiger partial charge in [-0.25, -0.2) is 9.97 Å². The van der Waals surface area contributed by atoms with Gasteiger partial charge in [0.05, 0.1) is 19.2 Å². The smallest absolute Gasteiger partial charge is 0.264 e. The molecule has 0 spiro atoms. The van der Waals surface area contributed by atoms with Crippen LogP contribution in [0.15, 0.2) is 6.33 Å². The van der Waals surface area contributed by atoms with Crippen molar-refractivity contribution in [2.75, 3.05) is 18.6 Å². The zero-order valence-corrected chi connectivity index (χ0v) is 14.0. The molecule has 0 amide bonds. The Morgan fingerprint density at radius 2 is 2.29 bits per heavy atom. The Kier molecular flexibility index (Phi) is 4.31. The number of nitrogens with one attached hydrogen (secondary N) is 1. The van der Waals surface area contributed by atoms with Crippen molar-refractivity contribution in [3.8, 4) is 0 Å². The van der Waals surface area contributed by atoms with Gasteiger partial charge in [-0.2, -0.15) is 8.42 Å². The van der Waals surface area contributed by atoms with Gasteiger partial charge >= 0.3 is 0 Å². The average molecular weight is 377 g/mol. The Morgan fingerprint density at radius 3 is 2.92 bits per heavy atom. The summed E-state index contributed by atoms with van der Waals surface area (Å²) < 4.78 is 35.0. The molecule has 0 bridgehead atoms. The van der Waals surface area contributed by atoms with E-state index in [1.54, 1.807) is 0 Å². The number of anilines is 1. The predicted molar refractivity (Wildman–Crippen MR) is 83.8 cm³/mol. The Labute approximate surface area is 141 Å². The normalized spacial score (nSPS) is 27.8. The van der Waals surface area contributed by atoms with Crippen molar-refractivity contribution in [2.45, 2.75) is 24.5 Å². The molecular weight excluding hydrogens is 362 g/mol. The van der Waals surface area contributed by atoms with Crippen LogP contribution in [-0.4, -0.2) is 69.3 Å². The van der Waals surface area contributed by atoms with E-state index in [2.05, 4.69) is 15.0 Å². The molecule has 0 radical (unpaired) electrons. The van der Waals surface area contributed by atoms with Crippen LogP contribution < -0.4 is 5.73 Å². The van der Waals surface area contributed by atoms with E-state index >= 15 is 0 Å². The number of hydrogen-bond acceptors (Lipinski definition) is 10. The summed E-state index contributed by atoms with van der Waals surface area (Å²) in [5.74, 6) is 0.0343. The van der Waals surface area contributed by atoms with Crippen molar-refractivity contribution in [3.05, 3.63) is 11.0 Å². The Hall–Kier alpha value is -1.64. The summed E-state index contributed by atoms with van der Waals surface area (Å²) in [5, 5.41) is 19.5. The number of nitrogen functional groups attached to an aromatic ring is 1. The van der Waals surface area contributed by atoms with Crippen LogP contribution in [0.5, 0.6) is 0 Å². The number of ether oxygens (including phenoxy) is 1. The first-order valence-corrected chi connectivity index (χ1v) is 8.98. The van der Waals surface area contributed by atoms with E-state index in [0.717, 1.165) is 6.26 Å². The second-order valence-corrected chi connectivity index (χ2v) is 7.27. The van der Waals surface area contributed by atoms with Crippen molar-refractivity contribution in [1.82, 2.24) is 19.5 Å². The van der Waals surface area contributed by atoms with Gasteiger partial charge in [-0.05, 0) is 0 Å². The van der Waals surface area contributed by atoms with Crippen LogP contribution in [0, 0.1) is 4.64 Å². The molecule has 3 rings (SSSR count). The van der Waals surface area contributed by atoms with Crippen LogP contribution in [0.3, 0.4) is 0 Å². The highest BCUT2D eigenvalue weighted by Crippen LogP contribution is 2.34. The number of rotatable bonds is 4. The zero-order valence-electron chi connectivity index (χ0n) is 12.4. The lowest BCUT2D eigenvalue weighted by molar-refractivity contribution is -0.0483. The molecular formula is C11H15N5O6S2. The van der Waals surface area contributed by atoms with Gasteiger partial charge in [-0.3, -0.25) is 8.75 Å². The molecule has 24 heavy (non-hydrogen) atoms. The third-order valence-electron chi connectivity index (χ3n) is 3.52. The van der Waals surface area contributed by atoms with Crippen molar-refractivity contribution in [3.63, 3.8) is 0 Å². The molecule has 5 N–H and O–H groups in total. The standard InChI is InChI=1S/C11H15N5O6S2/c1-24(19,20)22-7-6(18)4(2-17)21-10(7)16-3-13-5-8(16)14-11(12)15-9(5)23/h3-4,6-7,10,17-18H,2H2,1H3,(H3,12,14,15,23)/t4-,6+,7+,10-/m0/s1. The molecule has 132 valence electrons. The predicted octanol–water partition coefficient (Wildman–Crippen LogP) is -1.33. The van der Waals surface area contributed by atoms with Gasteiger partial charge in [0, 0.05) is 0 Å². The summed E-state index contributed by atoms with van der Waals surface area (Å²) in [6.45, 7) is -0.520. The van der Waals surface area contributed by atoms with E-state index in [4.69, 9.17) is 26.9 Å². The summed E-state index contributed by atoms with van der Waals surface area (Å²) in [6, 6.07) is 0. The Bertz CT molecular complexity index is 925. The second-order valence-electron chi connectivity index (χ2n) is 5.28. The van der Waals surface area contributed by atoms with Crippen molar-refractivity contribution < 1.29 is 27.6 Å². The van der Waals surface area contributed by atoms with Gasteiger partial charge in [0.25, 0.3) is 10.1 Å². The van der Waals surface area contributed by atoms with E-state index in [9.17, 15) is 18.6 Å². The highest BCUT2D eigenvalue weighted by Gasteiger charge is 2.47. The lowest BCUT2D eigenvalue weighted by Gasteiger charge is -2.20.